The summed E-state index contributed by atoms with van der Waals surface area (Å²) in [6, 6.07) is 0.642. The van der Waals surface area contributed by atoms with Gasteiger partial charge in [-0.1, -0.05) is 0 Å². The Hall–Kier alpha value is -0.120. The summed E-state index contributed by atoms with van der Waals surface area (Å²) in [5.41, 5.74) is 0.171. The molecule has 0 aromatic heterocycles. The Labute approximate surface area is 105 Å². The van der Waals surface area contributed by atoms with Gasteiger partial charge in [0.15, 0.2) is 0 Å². The zero-order valence-corrected chi connectivity index (χ0v) is 11.3. The Morgan fingerprint density at radius 3 is 2.76 bits per heavy atom. The summed E-state index contributed by atoms with van der Waals surface area (Å²) in [4.78, 5) is 0. The largest absolute Gasteiger partial charge is 0.381 e. The number of hydrogen-bond acceptors (Lipinski definition) is 3. The van der Waals surface area contributed by atoms with Crippen molar-refractivity contribution < 1.29 is 9.47 Å². The average molecular weight is 241 g/mol. The second-order valence-corrected chi connectivity index (χ2v) is 5.77. The van der Waals surface area contributed by atoms with Crippen LogP contribution in [0.4, 0.5) is 0 Å². The second kappa shape index (κ2) is 6.17. The zero-order chi connectivity index (χ0) is 12.1. The monoisotopic (exact) mass is 241 g/mol. The molecule has 0 saturated carbocycles. The second-order valence-electron chi connectivity index (χ2n) is 5.77. The summed E-state index contributed by atoms with van der Waals surface area (Å²) in [6.45, 7) is 5.00. The lowest BCUT2D eigenvalue weighted by atomic mass is 9.79. The SMILES string of the molecule is CNC(C)CCC1CCOC2(CCOCC2)C1. The lowest BCUT2D eigenvalue weighted by Gasteiger charge is -2.43. The van der Waals surface area contributed by atoms with E-state index in [-0.39, 0.29) is 5.60 Å². The van der Waals surface area contributed by atoms with Crippen LogP contribution in [0.5, 0.6) is 0 Å². The molecule has 2 saturated heterocycles. The van der Waals surface area contributed by atoms with Crippen LogP contribution in [0.3, 0.4) is 0 Å². The van der Waals surface area contributed by atoms with Crippen LogP contribution in [-0.2, 0) is 9.47 Å². The molecule has 17 heavy (non-hydrogen) atoms. The molecule has 0 bridgehead atoms. The highest BCUT2D eigenvalue weighted by molar-refractivity contribution is 4.89. The molecule has 0 aromatic rings. The van der Waals surface area contributed by atoms with Crippen molar-refractivity contribution in [2.75, 3.05) is 26.9 Å². The van der Waals surface area contributed by atoms with E-state index in [9.17, 15) is 0 Å². The zero-order valence-electron chi connectivity index (χ0n) is 11.3. The molecule has 1 N–H and O–H groups in total. The third-order valence-electron chi connectivity index (χ3n) is 4.50. The summed E-state index contributed by atoms with van der Waals surface area (Å²) >= 11 is 0. The van der Waals surface area contributed by atoms with Crippen molar-refractivity contribution in [2.24, 2.45) is 5.92 Å². The number of ether oxygens (including phenoxy) is 2. The summed E-state index contributed by atoms with van der Waals surface area (Å²) in [5.74, 6) is 0.859. The van der Waals surface area contributed by atoms with Gasteiger partial charge in [-0.05, 0) is 58.4 Å². The molecule has 3 heteroatoms. The molecule has 1 spiro atoms. The van der Waals surface area contributed by atoms with E-state index in [0.29, 0.717) is 6.04 Å². The first-order chi connectivity index (χ1) is 8.24. The molecule has 0 radical (unpaired) electrons. The minimum absolute atomic E-state index is 0.171. The van der Waals surface area contributed by atoms with Gasteiger partial charge in [0.1, 0.15) is 0 Å². The molecule has 3 nitrogen and oxygen atoms in total. The topological polar surface area (TPSA) is 30.5 Å². The molecule has 0 amide bonds. The summed E-state index contributed by atoms with van der Waals surface area (Å²) in [7, 11) is 2.05. The maximum atomic E-state index is 6.07. The fraction of sp³-hybridized carbons (Fsp3) is 1.00. The molecule has 2 rings (SSSR count). The first-order valence-corrected chi connectivity index (χ1v) is 7.13. The highest BCUT2D eigenvalue weighted by Gasteiger charge is 2.38. The van der Waals surface area contributed by atoms with Gasteiger partial charge in [0.25, 0.3) is 0 Å². The van der Waals surface area contributed by atoms with Gasteiger partial charge in [-0.2, -0.15) is 0 Å². The standard InChI is InChI=1S/C14H27NO2/c1-12(15-2)3-4-13-5-8-17-14(11-13)6-9-16-10-7-14/h12-13,15H,3-11H2,1-2H3. The van der Waals surface area contributed by atoms with E-state index in [1.807, 2.05) is 0 Å². The first-order valence-electron chi connectivity index (χ1n) is 7.13. The molecule has 2 aliphatic rings. The lowest BCUT2D eigenvalue weighted by Crippen LogP contribution is -2.44. The first kappa shape index (κ1) is 13.3. The molecular weight excluding hydrogens is 214 g/mol. The smallest absolute Gasteiger partial charge is 0.0729 e. The van der Waals surface area contributed by atoms with Gasteiger partial charge in [-0.25, -0.2) is 0 Å². The lowest BCUT2D eigenvalue weighted by molar-refractivity contribution is -0.147. The maximum Gasteiger partial charge on any atom is 0.0729 e. The van der Waals surface area contributed by atoms with Gasteiger partial charge < -0.3 is 14.8 Å². The van der Waals surface area contributed by atoms with E-state index in [0.717, 1.165) is 38.6 Å². The highest BCUT2D eigenvalue weighted by atomic mass is 16.5. The summed E-state index contributed by atoms with van der Waals surface area (Å²) in [5, 5.41) is 3.32. The molecule has 2 unspecified atom stereocenters. The average Bonchev–Trinajstić information content (AvgIpc) is 2.37. The Kier molecular flexibility index (Phi) is 4.83. The Morgan fingerprint density at radius 1 is 1.29 bits per heavy atom. The molecule has 2 aliphatic heterocycles. The van der Waals surface area contributed by atoms with E-state index in [1.54, 1.807) is 0 Å². The van der Waals surface area contributed by atoms with E-state index >= 15 is 0 Å². The molecule has 2 fully saturated rings. The molecule has 0 aromatic carbocycles. The van der Waals surface area contributed by atoms with E-state index in [2.05, 4.69) is 19.3 Å². The van der Waals surface area contributed by atoms with Gasteiger partial charge in [0, 0.05) is 25.9 Å². The van der Waals surface area contributed by atoms with Crippen molar-refractivity contribution >= 4 is 0 Å². The van der Waals surface area contributed by atoms with E-state index in [1.165, 1.54) is 25.7 Å². The van der Waals surface area contributed by atoms with Crippen LogP contribution < -0.4 is 5.32 Å². The van der Waals surface area contributed by atoms with Gasteiger partial charge in [-0.15, -0.1) is 0 Å². The van der Waals surface area contributed by atoms with Crippen molar-refractivity contribution in [2.45, 2.75) is 57.1 Å². The van der Waals surface area contributed by atoms with Crippen LogP contribution in [0.2, 0.25) is 0 Å². The highest BCUT2D eigenvalue weighted by Crippen LogP contribution is 2.38. The third-order valence-corrected chi connectivity index (χ3v) is 4.50. The Bertz CT molecular complexity index is 221. The molecule has 100 valence electrons. The fourth-order valence-corrected chi connectivity index (χ4v) is 3.10. The van der Waals surface area contributed by atoms with Crippen molar-refractivity contribution in [3.8, 4) is 0 Å². The number of nitrogens with one attached hydrogen (secondary N) is 1. The van der Waals surface area contributed by atoms with Crippen molar-refractivity contribution in [3.63, 3.8) is 0 Å². The summed E-state index contributed by atoms with van der Waals surface area (Å²) < 4.78 is 11.5. The van der Waals surface area contributed by atoms with E-state index in [4.69, 9.17) is 9.47 Å². The van der Waals surface area contributed by atoms with Crippen molar-refractivity contribution in [1.82, 2.24) is 5.32 Å². The van der Waals surface area contributed by atoms with Gasteiger partial charge in [-0.3, -0.25) is 0 Å². The predicted molar refractivity (Wildman–Crippen MR) is 69.2 cm³/mol. The predicted octanol–water partition coefficient (Wildman–Crippen LogP) is 2.35. The number of rotatable bonds is 4. The number of hydrogen-bond donors (Lipinski definition) is 1. The quantitative estimate of drug-likeness (QED) is 0.819. The molecule has 0 aliphatic carbocycles. The third kappa shape index (κ3) is 3.67. The van der Waals surface area contributed by atoms with Crippen LogP contribution in [0, 0.1) is 5.92 Å². The molecular formula is C14H27NO2. The van der Waals surface area contributed by atoms with Crippen LogP contribution in [0.1, 0.15) is 45.4 Å². The molecule has 2 heterocycles. The Balaban J connectivity index is 1.79. The minimum Gasteiger partial charge on any atom is -0.381 e. The van der Waals surface area contributed by atoms with Crippen LogP contribution in [0.15, 0.2) is 0 Å². The van der Waals surface area contributed by atoms with Crippen LogP contribution in [0.25, 0.3) is 0 Å². The maximum absolute atomic E-state index is 6.07. The molecule has 2 atom stereocenters. The van der Waals surface area contributed by atoms with Crippen LogP contribution >= 0.6 is 0 Å². The van der Waals surface area contributed by atoms with E-state index < -0.39 is 0 Å². The Morgan fingerprint density at radius 2 is 2.06 bits per heavy atom. The minimum atomic E-state index is 0.171. The normalized spacial score (nSPS) is 30.4. The van der Waals surface area contributed by atoms with Gasteiger partial charge >= 0.3 is 0 Å². The van der Waals surface area contributed by atoms with Crippen molar-refractivity contribution in [3.05, 3.63) is 0 Å². The fourth-order valence-electron chi connectivity index (χ4n) is 3.10. The van der Waals surface area contributed by atoms with Crippen molar-refractivity contribution in [1.29, 1.82) is 0 Å². The summed E-state index contributed by atoms with van der Waals surface area (Å²) in [6.07, 6.45) is 7.34. The van der Waals surface area contributed by atoms with Gasteiger partial charge in [0.2, 0.25) is 0 Å². The van der Waals surface area contributed by atoms with Gasteiger partial charge in [0.05, 0.1) is 5.60 Å². The van der Waals surface area contributed by atoms with Crippen LogP contribution in [-0.4, -0.2) is 38.5 Å².